The van der Waals surface area contributed by atoms with E-state index < -0.39 is 0 Å². The topological polar surface area (TPSA) is 38.3 Å². The summed E-state index contributed by atoms with van der Waals surface area (Å²) in [6.07, 6.45) is 4.83. The lowest BCUT2D eigenvalue weighted by Crippen LogP contribution is -2.48. The van der Waals surface area contributed by atoms with Gasteiger partial charge in [0.2, 0.25) is 0 Å². The van der Waals surface area contributed by atoms with Gasteiger partial charge in [-0.2, -0.15) is 0 Å². The lowest BCUT2D eigenvalue weighted by molar-refractivity contribution is -0.116. The summed E-state index contributed by atoms with van der Waals surface area (Å²) in [6, 6.07) is 6.31. The van der Waals surface area contributed by atoms with Gasteiger partial charge in [-0.15, -0.1) is 0 Å². The number of hydrogen-bond acceptors (Lipinski definition) is 2. The molecule has 1 saturated carbocycles. The van der Waals surface area contributed by atoms with E-state index in [1.54, 1.807) is 7.11 Å². The first-order valence-electron chi connectivity index (χ1n) is 8.46. The standard InChI is InChI=1S/C20H26NO2/c1-5-17-18(16-12-13(2)6-7-14(16)3)19(22)21-20(17)10-8-15(23-4)9-11-20/h6-7,12,15H,1,5,8-11H2,2-4H3,(H,21,22)/t15-,20+. The molecule has 1 radical (unpaired) electrons. The molecule has 123 valence electrons. The Morgan fingerprint density at radius 2 is 2.00 bits per heavy atom. The first-order chi connectivity index (χ1) is 11.0. The van der Waals surface area contributed by atoms with Crippen molar-refractivity contribution in [3.63, 3.8) is 0 Å². The van der Waals surface area contributed by atoms with Crippen molar-refractivity contribution >= 4 is 11.5 Å². The third-order valence-electron chi connectivity index (χ3n) is 5.49. The summed E-state index contributed by atoms with van der Waals surface area (Å²) in [7, 11) is 1.77. The molecule has 1 heterocycles. The Labute approximate surface area is 139 Å². The predicted molar refractivity (Wildman–Crippen MR) is 92.9 cm³/mol. The normalized spacial score (nSPS) is 27.7. The van der Waals surface area contributed by atoms with Crippen LogP contribution in [0.15, 0.2) is 23.8 Å². The maximum Gasteiger partial charge on any atom is 0.252 e. The summed E-state index contributed by atoms with van der Waals surface area (Å²) < 4.78 is 5.49. The van der Waals surface area contributed by atoms with E-state index in [4.69, 9.17) is 4.74 Å². The lowest BCUT2D eigenvalue weighted by Gasteiger charge is -2.39. The summed E-state index contributed by atoms with van der Waals surface area (Å²) in [4.78, 5) is 12.8. The van der Waals surface area contributed by atoms with Gasteiger partial charge < -0.3 is 10.1 Å². The van der Waals surface area contributed by atoms with Crippen molar-refractivity contribution in [3.05, 3.63) is 47.4 Å². The largest absolute Gasteiger partial charge is 0.381 e. The van der Waals surface area contributed by atoms with Gasteiger partial charge in [-0.25, -0.2) is 0 Å². The maximum atomic E-state index is 12.8. The van der Waals surface area contributed by atoms with Gasteiger partial charge in [0, 0.05) is 12.7 Å². The second kappa shape index (κ2) is 6.12. The van der Waals surface area contributed by atoms with Gasteiger partial charge in [0.25, 0.3) is 5.91 Å². The number of carbonyl (C=O) groups is 1. The molecule has 23 heavy (non-hydrogen) atoms. The van der Waals surface area contributed by atoms with Gasteiger partial charge in [0.1, 0.15) is 0 Å². The van der Waals surface area contributed by atoms with E-state index >= 15 is 0 Å². The number of amides is 1. The van der Waals surface area contributed by atoms with Crippen molar-refractivity contribution in [1.29, 1.82) is 0 Å². The minimum atomic E-state index is -0.209. The first-order valence-corrected chi connectivity index (χ1v) is 8.46. The second-order valence-corrected chi connectivity index (χ2v) is 6.89. The van der Waals surface area contributed by atoms with E-state index in [2.05, 4.69) is 44.3 Å². The van der Waals surface area contributed by atoms with Gasteiger partial charge in [-0.05, 0) is 69.6 Å². The molecule has 1 fully saturated rings. The highest BCUT2D eigenvalue weighted by molar-refractivity contribution is 6.24. The molecule has 3 nitrogen and oxygen atoms in total. The molecule has 1 aromatic rings. The highest BCUT2D eigenvalue weighted by atomic mass is 16.5. The van der Waals surface area contributed by atoms with E-state index in [0.717, 1.165) is 42.4 Å². The van der Waals surface area contributed by atoms with Gasteiger partial charge in [0.15, 0.2) is 0 Å². The Morgan fingerprint density at radius 1 is 1.30 bits per heavy atom. The molecule has 1 amide bonds. The smallest absolute Gasteiger partial charge is 0.252 e. The maximum absolute atomic E-state index is 12.8. The Bertz CT molecular complexity index is 652. The zero-order valence-corrected chi connectivity index (χ0v) is 14.4. The summed E-state index contributed by atoms with van der Waals surface area (Å²) in [5.41, 5.74) is 5.22. The Kier molecular flexibility index (Phi) is 4.33. The molecule has 3 rings (SSSR count). The molecule has 0 bridgehead atoms. The molecular formula is C20H26NO2. The fraction of sp³-hybridized carbons (Fsp3) is 0.500. The summed E-state index contributed by atoms with van der Waals surface area (Å²) in [5, 5.41) is 3.30. The third kappa shape index (κ3) is 2.72. The minimum Gasteiger partial charge on any atom is -0.381 e. The van der Waals surface area contributed by atoms with Crippen LogP contribution < -0.4 is 5.32 Å². The summed E-state index contributed by atoms with van der Waals surface area (Å²) in [5.74, 6) is 0.0632. The number of rotatable bonds is 3. The fourth-order valence-corrected chi connectivity index (χ4v) is 4.13. The molecule has 1 aromatic carbocycles. The van der Waals surface area contributed by atoms with Crippen LogP contribution in [0.2, 0.25) is 0 Å². The number of carbonyl (C=O) groups excluding carboxylic acids is 1. The number of hydrogen-bond donors (Lipinski definition) is 1. The average molecular weight is 312 g/mol. The molecule has 1 N–H and O–H groups in total. The molecule has 3 heteroatoms. The van der Waals surface area contributed by atoms with Crippen LogP contribution in [0.3, 0.4) is 0 Å². The van der Waals surface area contributed by atoms with Crippen LogP contribution in [0.25, 0.3) is 5.57 Å². The van der Waals surface area contributed by atoms with Crippen LogP contribution in [-0.2, 0) is 9.53 Å². The number of benzene rings is 1. The molecule has 1 aliphatic carbocycles. The Hall–Kier alpha value is -1.61. The molecule has 2 aliphatic rings. The highest BCUT2D eigenvalue weighted by Gasteiger charge is 2.46. The Balaban J connectivity index is 2.05. The summed E-state index contributed by atoms with van der Waals surface area (Å²) >= 11 is 0. The van der Waals surface area contributed by atoms with Crippen molar-refractivity contribution in [1.82, 2.24) is 5.32 Å². The first kappa shape index (κ1) is 16.3. The van der Waals surface area contributed by atoms with Crippen molar-refractivity contribution in [2.75, 3.05) is 7.11 Å². The van der Waals surface area contributed by atoms with Gasteiger partial charge in [-0.1, -0.05) is 23.8 Å². The number of nitrogens with one attached hydrogen (secondary N) is 1. The molecule has 0 saturated heterocycles. The average Bonchev–Trinajstić information content (AvgIpc) is 2.81. The van der Waals surface area contributed by atoms with Crippen molar-refractivity contribution in [2.45, 2.75) is 57.6 Å². The molecule has 0 unspecified atom stereocenters. The predicted octanol–water partition coefficient (Wildman–Crippen LogP) is 3.74. The van der Waals surface area contributed by atoms with Crippen LogP contribution >= 0.6 is 0 Å². The molecule has 1 spiro atoms. The second-order valence-electron chi connectivity index (χ2n) is 6.89. The molecule has 0 atom stereocenters. The Morgan fingerprint density at radius 3 is 2.61 bits per heavy atom. The number of aryl methyl sites for hydroxylation is 2. The van der Waals surface area contributed by atoms with Crippen molar-refractivity contribution < 1.29 is 9.53 Å². The van der Waals surface area contributed by atoms with Gasteiger partial charge in [-0.3, -0.25) is 4.79 Å². The monoisotopic (exact) mass is 312 g/mol. The van der Waals surface area contributed by atoms with Crippen LogP contribution in [0.1, 0.15) is 48.8 Å². The highest BCUT2D eigenvalue weighted by Crippen LogP contribution is 2.44. The van der Waals surface area contributed by atoms with E-state index in [1.165, 1.54) is 11.1 Å². The molecule has 0 aromatic heterocycles. The number of methoxy groups -OCH3 is 1. The zero-order valence-electron chi connectivity index (χ0n) is 14.4. The van der Waals surface area contributed by atoms with Crippen LogP contribution in [0.5, 0.6) is 0 Å². The van der Waals surface area contributed by atoms with Crippen LogP contribution in [-0.4, -0.2) is 24.7 Å². The fourth-order valence-electron chi connectivity index (χ4n) is 4.13. The van der Waals surface area contributed by atoms with E-state index in [1.807, 2.05) is 0 Å². The van der Waals surface area contributed by atoms with Gasteiger partial charge in [0.05, 0.1) is 11.6 Å². The van der Waals surface area contributed by atoms with E-state index in [0.29, 0.717) is 12.5 Å². The van der Waals surface area contributed by atoms with E-state index in [-0.39, 0.29) is 11.4 Å². The third-order valence-corrected chi connectivity index (χ3v) is 5.49. The molecular weight excluding hydrogens is 286 g/mol. The summed E-state index contributed by atoms with van der Waals surface area (Å²) in [6.45, 7) is 8.28. The lowest BCUT2D eigenvalue weighted by atomic mass is 9.74. The molecule has 1 aliphatic heterocycles. The van der Waals surface area contributed by atoms with Gasteiger partial charge >= 0.3 is 0 Å². The number of ether oxygens (including phenoxy) is 1. The quantitative estimate of drug-likeness (QED) is 0.923. The van der Waals surface area contributed by atoms with Crippen LogP contribution in [0, 0.1) is 20.8 Å². The minimum absolute atomic E-state index is 0.0632. The van der Waals surface area contributed by atoms with Crippen molar-refractivity contribution in [3.8, 4) is 0 Å². The zero-order chi connectivity index (χ0) is 16.6. The van der Waals surface area contributed by atoms with Crippen LogP contribution in [0.4, 0.5) is 0 Å². The van der Waals surface area contributed by atoms with E-state index in [9.17, 15) is 4.79 Å². The van der Waals surface area contributed by atoms with Crippen molar-refractivity contribution in [2.24, 2.45) is 0 Å². The SMILES string of the molecule is [CH2]CC1=C(c2cc(C)ccc2C)C(=O)N[C@]12CC[C@@H](OC)CC2.